The predicted molar refractivity (Wildman–Crippen MR) is 81.8 cm³/mol. The Balaban J connectivity index is 2.04. The molecule has 1 aliphatic rings. The highest BCUT2D eigenvalue weighted by Gasteiger charge is 2.22. The van der Waals surface area contributed by atoms with Crippen LogP contribution in [0.4, 0.5) is 5.82 Å². The molecule has 0 atom stereocenters. The van der Waals surface area contributed by atoms with Crippen LogP contribution in [0.2, 0.25) is 0 Å². The molecular formula is C14H22N6O. The molecular weight excluding hydrogens is 268 g/mol. The number of fused-ring (bicyclic) bond motifs is 1. The maximum Gasteiger partial charge on any atom is 0.347 e. The minimum Gasteiger partial charge on any atom is -0.364 e. The van der Waals surface area contributed by atoms with E-state index in [2.05, 4.69) is 41.6 Å². The average molecular weight is 290 g/mol. The summed E-state index contributed by atoms with van der Waals surface area (Å²) >= 11 is 0. The van der Waals surface area contributed by atoms with Crippen LogP contribution >= 0.6 is 0 Å². The Labute approximate surface area is 123 Å². The van der Waals surface area contributed by atoms with Crippen molar-refractivity contribution in [2.24, 2.45) is 0 Å². The summed E-state index contributed by atoms with van der Waals surface area (Å²) in [6, 6.07) is 0.365. The van der Waals surface area contributed by atoms with Crippen molar-refractivity contribution in [3.05, 3.63) is 22.4 Å². The van der Waals surface area contributed by atoms with E-state index in [1.165, 1.54) is 4.40 Å². The van der Waals surface area contributed by atoms with Gasteiger partial charge in [0.2, 0.25) is 5.65 Å². The van der Waals surface area contributed by atoms with Gasteiger partial charge in [-0.3, -0.25) is 0 Å². The molecule has 3 N–H and O–H groups in total. The maximum atomic E-state index is 11.9. The molecule has 3 rings (SSSR count). The number of aromatic nitrogens is 4. The Kier molecular flexibility index (Phi) is 3.44. The first-order valence-electron chi connectivity index (χ1n) is 7.40. The van der Waals surface area contributed by atoms with Gasteiger partial charge in [0, 0.05) is 17.7 Å². The Morgan fingerprint density at radius 3 is 2.71 bits per heavy atom. The Hall–Kier alpha value is -1.89. The van der Waals surface area contributed by atoms with E-state index in [1.807, 2.05) is 0 Å². The van der Waals surface area contributed by atoms with Gasteiger partial charge in [0.05, 0.1) is 5.69 Å². The van der Waals surface area contributed by atoms with Crippen LogP contribution in [-0.4, -0.2) is 38.7 Å². The number of rotatable bonds is 2. The van der Waals surface area contributed by atoms with Gasteiger partial charge in [0.1, 0.15) is 0 Å². The van der Waals surface area contributed by atoms with E-state index in [9.17, 15) is 4.79 Å². The second kappa shape index (κ2) is 5.14. The molecule has 0 saturated carbocycles. The summed E-state index contributed by atoms with van der Waals surface area (Å²) in [4.78, 5) is 16.6. The van der Waals surface area contributed by atoms with E-state index >= 15 is 0 Å². The summed E-state index contributed by atoms with van der Waals surface area (Å²) in [6.45, 7) is 8.25. The van der Waals surface area contributed by atoms with Gasteiger partial charge < -0.3 is 10.6 Å². The zero-order valence-electron chi connectivity index (χ0n) is 12.7. The summed E-state index contributed by atoms with van der Waals surface area (Å²) in [5.74, 6) is 0.688. The van der Waals surface area contributed by atoms with Gasteiger partial charge in [-0.1, -0.05) is 20.8 Å². The molecule has 1 saturated heterocycles. The van der Waals surface area contributed by atoms with Gasteiger partial charge in [-0.2, -0.15) is 0 Å². The molecule has 0 aliphatic carbocycles. The van der Waals surface area contributed by atoms with Gasteiger partial charge in [-0.25, -0.2) is 19.3 Å². The van der Waals surface area contributed by atoms with E-state index in [4.69, 9.17) is 4.98 Å². The normalized spacial score (nSPS) is 17.3. The van der Waals surface area contributed by atoms with Crippen LogP contribution in [0.5, 0.6) is 0 Å². The summed E-state index contributed by atoms with van der Waals surface area (Å²) in [5, 5.41) is 13.4. The molecule has 0 spiro atoms. The lowest BCUT2D eigenvalue weighted by Gasteiger charge is -2.25. The molecule has 7 nitrogen and oxygen atoms in total. The summed E-state index contributed by atoms with van der Waals surface area (Å²) < 4.78 is 1.54. The van der Waals surface area contributed by atoms with Crippen molar-refractivity contribution in [2.75, 3.05) is 18.4 Å². The van der Waals surface area contributed by atoms with E-state index in [1.54, 1.807) is 6.20 Å². The second-order valence-electron chi connectivity index (χ2n) is 6.62. The van der Waals surface area contributed by atoms with Gasteiger partial charge >= 0.3 is 5.69 Å². The number of hydrogen-bond acceptors (Lipinski definition) is 5. The summed E-state index contributed by atoms with van der Waals surface area (Å²) in [6.07, 6.45) is 3.86. The largest absolute Gasteiger partial charge is 0.364 e. The molecule has 0 bridgehead atoms. The van der Waals surface area contributed by atoms with Crippen LogP contribution in [-0.2, 0) is 5.41 Å². The standard InChI is InChI=1S/C14H22N6O/c1-14(2,3)10-8-20-12(18-19-13(20)21)11(17-10)16-9-4-6-15-7-5-9/h8-9,15H,4-7H2,1-3H3,(H,16,17)(H,19,21). The van der Waals surface area contributed by atoms with Crippen LogP contribution in [0.3, 0.4) is 0 Å². The van der Waals surface area contributed by atoms with E-state index < -0.39 is 0 Å². The lowest BCUT2D eigenvalue weighted by atomic mass is 9.92. The number of hydrogen-bond donors (Lipinski definition) is 3. The van der Waals surface area contributed by atoms with Crippen molar-refractivity contribution in [1.82, 2.24) is 24.9 Å². The SMILES string of the molecule is CC(C)(C)c1cn2c(=O)[nH]nc2c(NC2CCNCC2)n1. The number of anilines is 1. The van der Waals surface area contributed by atoms with Crippen LogP contribution < -0.4 is 16.3 Å². The van der Waals surface area contributed by atoms with Gasteiger partial charge in [0.15, 0.2) is 5.82 Å². The summed E-state index contributed by atoms with van der Waals surface area (Å²) in [5.41, 5.74) is 1.07. The van der Waals surface area contributed by atoms with Gasteiger partial charge in [-0.05, 0) is 25.9 Å². The second-order valence-corrected chi connectivity index (χ2v) is 6.62. The van der Waals surface area contributed by atoms with Crippen LogP contribution in [0.15, 0.2) is 11.0 Å². The average Bonchev–Trinajstić information content (AvgIpc) is 2.81. The lowest BCUT2D eigenvalue weighted by Crippen LogP contribution is -2.36. The summed E-state index contributed by atoms with van der Waals surface area (Å²) in [7, 11) is 0. The number of nitrogens with zero attached hydrogens (tertiary/aromatic N) is 3. The molecule has 3 heterocycles. The Bertz CT molecular complexity index is 690. The molecule has 0 aromatic carbocycles. The highest BCUT2D eigenvalue weighted by atomic mass is 16.1. The first kappa shape index (κ1) is 14.1. The minimum atomic E-state index is -0.230. The zero-order chi connectivity index (χ0) is 15.0. The molecule has 114 valence electrons. The molecule has 0 unspecified atom stereocenters. The highest BCUT2D eigenvalue weighted by molar-refractivity contribution is 5.62. The Morgan fingerprint density at radius 2 is 2.05 bits per heavy atom. The molecule has 21 heavy (non-hydrogen) atoms. The fourth-order valence-corrected chi connectivity index (χ4v) is 2.53. The number of H-pyrrole nitrogens is 1. The quantitative estimate of drug-likeness (QED) is 0.764. The maximum absolute atomic E-state index is 11.9. The van der Waals surface area contributed by atoms with Crippen molar-refractivity contribution < 1.29 is 0 Å². The van der Waals surface area contributed by atoms with E-state index in [-0.39, 0.29) is 11.1 Å². The van der Waals surface area contributed by atoms with Gasteiger partial charge in [0.25, 0.3) is 0 Å². The van der Waals surface area contributed by atoms with Crippen molar-refractivity contribution >= 4 is 11.5 Å². The molecule has 7 heteroatoms. The monoisotopic (exact) mass is 290 g/mol. The van der Waals surface area contributed by atoms with Crippen molar-refractivity contribution in [1.29, 1.82) is 0 Å². The predicted octanol–water partition coefficient (Wildman–Crippen LogP) is 0.879. The van der Waals surface area contributed by atoms with E-state index in [0.717, 1.165) is 31.6 Å². The smallest absolute Gasteiger partial charge is 0.347 e. The van der Waals surface area contributed by atoms with Crippen LogP contribution in [0, 0.1) is 0 Å². The van der Waals surface area contributed by atoms with Crippen LogP contribution in [0.25, 0.3) is 5.65 Å². The molecule has 2 aromatic rings. The molecule has 0 amide bonds. The molecule has 0 radical (unpaired) electrons. The fraction of sp³-hybridized carbons (Fsp3) is 0.643. The van der Waals surface area contributed by atoms with Crippen molar-refractivity contribution in [2.45, 2.75) is 45.1 Å². The van der Waals surface area contributed by atoms with Gasteiger partial charge in [-0.15, -0.1) is 5.10 Å². The lowest BCUT2D eigenvalue weighted by molar-refractivity contribution is 0.477. The zero-order valence-corrected chi connectivity index (χ0v) is 12.7. The van der Waals surface area contributed by atoms with E-state index in [0.29, 0.717) is 17.5 Å². The highest BCUT2D eigenvalue weighted by Crippen LogP contribution is 2.23. The third kappa shape index (κ3) is 2.78. The third-order valence-electron chi connectivity index (χ3n) is 3.85. The third-order valence-corrected chi connectivity index (χ3v) is 3.85. The number of piperidine rings is 1. The van der Waals surface area contributed by atoms with Crippen molar-refractivity contribution in [3.63, 3.8) is 0 Å². The van der Waals surface area contributed by atoms with Crippen LogP contribution in [0.1, 0.15) is 39.3 Å². The topological polar surface area (TPSA) is 87.1 Å². The number of nitrogens with one attached hydrogen (secondary N) is 3. The number of aromatic amines is 1. The molecule has 2 aromatic heterocycles. The molecule has 1 aliphatic heterocycles. The first-order chi connectivity index (χ1) is 9.95. The Morgan fingerprint density at radius 1 is 1.33 bits per heavy atom. The fourth-order valence-electron chi connectivity index (χ4n) is 2.53. The minimum absolute atomic E-state index is 0.130. The first-order valence-corrected chi connectivity index (χ1v) is 7.40. The molecule has 1 fully saturated rings. The van der Waals surface area contributed by atoms with Crippen molar-refractivity contribution in [3.8, 4) is 0 Å².